The molecule has 0 fully saturated rings. The van der Waals surface area contributed by atoms with Gasteiger partial charge in [-0.1, -0.05) is 19.8 Å². The number of carbonyl (C=O) groups is 2. The molecule has 196 valence electrons. The Labute approximate surface area is 215 Å². The maximum absolute atomic E-state index is 14.0. The van der Waals surface area contributed by atoms with Crippen LogP contribution in [0.5, 0.6) is 5.75 Å². The lowest BCUT2D eigenvalue weighted by molar-refractivity contribution is -0.137. The van der Waals surface area contributed by atoms with Crippen molar-refractivity contribution in [3.8, 4) is 17.0 Å². The van der Waals surface area contributed by atoms with Crippen molar-refractivity contribution in [3.05, 3.63) is 47.3 Å². The number of rotatable bonds is 8. The van der Waals surface area contributed by atoms with Gasteiger partial charge in [-0.3, -0.25) is 4.79 Å². The first-order valence-corrected chi connectivity index (χ1v) is 12.5. The standard InChI is InChI=1S/C25H26F3N5O3S/c1-3-4-5-10-32(2)20-8-7-16(12-17(20)25(26,27)28)33(23(29)35)24-31-19(14-37-24)15-6-9-21-18(11-15)30-22(34)13-36-21/h6-9,11-12,14H,3-5,10,13H2,1-2H3,(H2,29,35)(H,30,34). The average molecular weight is 534 g/mol. The van der Waals surface area contributed by atoms with Gasteiger partial charge in [-0.15, -0.1) is 11.3 Å². The van der Waals surface area contributed by atoms with Crippen molar-refractivity contribution >= 4 is 45.5 Å². The van der Waals surface area contributed by atoms with Gasteiger partial charge in [-0.25, -0.2) is 14.7 Å². The summed E-state index contributed by atoms with van der Waals surface area (Å²) in [5.41, 5.74) is 6.26. The van der Waals surface area contributed by atoms with Crippen molar-refractivity contribution in [2.24, 2.45) is 5.73 Å². The van der Waals surface area contributed by atoms with E-state index < -0.39 is 17.8 Å². The fraction of sp³-hybridized carbons (Fsp3) is 0.320. The summed E-state index contributed by atoms with van der Waals surface area (Å²) in [7, 11) is 1.62. The molecule has 4 rings (SSSR count). The average Bonchev–Trinajstić information content (AvgIpc) is 3.32. The number of unbranched alkanes of at least 4 members (excludes halogenated alkanes) is 2. The number of hydrogen-bond acceptors (Lipinski definition) is 6. The van der Waals surface area contributed by atoms with Crippen LogP contribution >= 0.6 is 11.3 Å². The number of nitrogens with zero attached hydrogens (tertiary/aromatic N) is 3. The highest BCUT2D eigenvalue weighted by Gasteiger charge is 2.36. The summed E-state index contributed by atoms with van der Waals surface area (Å²) >= 11 is 1.05. The molecule has 0 spiro atoms. The van der Waals surface area contributed by atoms with Crippen molar-refractivity contribution in [1.82, 2.24) is 4.98 Å². The summed E-state index contributed by atoms with van der Waals surface area (Å²) in [5, 5.41) is 4.47. The third-order valence-electron chi connectivity index (χ3n) is 5.86. The zero-order chi connectivity index (χ0) is 26.7. The predicted molar refractivity (Wildman–Crippen MR) is 138 cm³/mol. The number of carbonyl (C=O) groups excluding carboxylic acids is 2. The van der Waals surface area contributed by atoms with Gasteiger partial charge in [-0.2, -0.15) is 13.2 Å². The van der Waals surface area contributed by atoms with Crippen molar-refractivity contribution in [1.29, 1.82) is 0 Å². The number of primary amides is 1. The fourth-order valence-electron chi connectivity index (χ4n) is 4.02. The number of nitrogens with two attached hydrogens (primary N) is 1. The van der Waals surface area contributed by atoms with Crippen molar-refractivity contribution in [3.63, 3.8) is 0 Å². The maximum atomic E-state index is 14.0. The molecule has 2 aromatic carbocycles. The quantitative estimate of drug-likeness (QED) is 0.346. The maximum Gasteiger partial charge on any atom is 0.418 e. The molecule has 1 aromatic heterocycles. The summed E-state index contributed by atoms with van der Waals surface area (Å²) < 4.78 is 47.4. The molecule has 3 N–H and O–H groups in total. The van der Waals surface area contributed by atoms with Gasteiger partial charge < -0.3 is 20.7 Å². The molecule has 0 saturated heterocycles. The van der Waals surface area contributed by atoms with Crippen LogP contribution in [0.1, 0.15) is 31.7 Å². The molecule has 2 heterocycles. The first kappa shape index (κ1) is 26.3. The van der Waals surface area contributed by atoms with Gasteiger partial charge in [0, 0.05) is 30.2 Å². The third-order valence-corrected chi connectivity index (χ3v) is 6.69. The number of ether oxygens (including phenoxy) is 1. The highest BCUT2D eigenvalue weighted by atomic mass is 32.1. The third kappa shape index (κ3) is 5.79. The van der Waals surface area contributed by atoms with Crippen LogP contribution < -0.4 is 25.6 Å². The van der Waals surface area contributed by atoms with E-state index in [1.165, 1.54) is 12.1 Å². The Kier molecular flexibility index (Phi) is 7.58. The molecular formula is C25H26F3N5O3S. The molecule has 8 nitrogen and oxygen atoms in total. The smallest absolute Gasteiger partial charge is 0.418 e. The minimum Gasteiger partial charge on any atom is -0.482 e. The van der Waals surface area contributed by atoms with Crippen molar-refractivity contribution < 1.29 is 27.5 Å². The molecule has 37 heavy (non-hydrogen) atoms. The summed E-state index contributed by atoms with van der Waals surface area (Å²) in [6, 6.07) is 7.81. The van der Waals surface area contributed by atoms with E-state index in [0.29, 0.717) is 29.2 Å². The van der Waals surface area contributed by atoms with Crippen LogP contribution in [0.3, 0.4) is 0 Å². The minimum atomic E-state index is -4.64. The van der Waals surface area contributed by atoms with Gasteiger partial charge in [-0.05, 0) is 42.8 Å². The summed E-state index contributed by atoms with van der Waals surface area (Å²) in [6.45, 7) is 2.42. The molecule has 0 unspecified atom stereocenters. The molecule has 3 aromatic rings. The van der Waals surface area contributed by atoms with E-state index in [1.54, 1.807) is 35.5 Å². The van der Waals surface area contributed by atoms with Crippen LogP contribution in [-0.2, 0) is 11.0 Å². The van der Waals surface area contributed by atoms with Crippen molar-refractivity contribution in [2.75, 3.05) is 35.3 Å². The second kappa shape index (κ2) is 10.7. The van der Waals surface area contributed by atoms with E-state index in [2.05, 4.69) is 10.3 Å². The molecule has 0 radical (unpaired) electrons. The van der Waals surface area contributed by atoms with Crippen LogP contribution in [0.2, 0.25) is 0 Å². The Morgan fingerprint density at radius 1 is 1.22 bits per heavy atom. The normalized spacial score (nSPS) is 12.9. The topological polar surface area (TPSA) is 101 Å². The zero-order valence-corrected chi connectivity index (χ0v) is 21.1. The molecule has 0 aliphatic carbocycles. The number of aromatic nitrogens is 1. The largest absolute Gasteiger partial charge is 0.482 e. The van der Waals surface area contributed by atoms with Gasteiger partial charge in [0.15, 0.2) is 11.7 Å². The lowest BCUT2D eigenvalue weighted by Crippen LogP contribution is -2.32. The minimum absolute atomic E-state index is 0.0231. The molecule has 0 saturated carbocycles. The van der Waals surface area contributed by atoms with Crippen LogP contribution in [0.25, 0.3) is 11.3 Å². The first-order valence-electron chi connectivity index (χ1n) is 11.6. The number of thiazole rings is 1. The summed E-state index contributed by atoms with van der Waals surface area (Å²) in [5.74, 6) is 0.223. The van der Waals surface area contributed by atoms with Crippen LogP contribution in [0, 0.1) is 0 Å². The highest BCUT2D eigenvalue weighted by molar-refractivity contribution is 7.14. The van der Waals surface area contributed by atoms with Gasteiger partial charge in [0.2, 0.25) is 0 Å². The van der Waals surface area contributed by atoms with E-state index in [4.69, 9.17) is 10.5 Å². The highest BCUT2D eigenvalue weighted by Crippen LogP contribution is 2.41. The van der Waals surface area contributed by atoms with Gasteiger partial charge in [0.1, 0.15) is 5.75 Å². The van der Waals surface area contributed by atoms with E-state index >= 15 is 0 Å². The first-order chi connectivity index (χ1) is 17.6. The Bertz CT molecular complexity index is 1310. The second-order valence-electron chi connectivity index (χ2n) is 8.56. The van der Waals surface area contributed by atoms with Gasteiger partial charge >= 0.3 is 12.2 Å². The molecular weight excluding hydrogens is 507 g/mol. The molecule has 12 heteroatoms. The number of amides is 3. The summed E-state index contributed by atoms with van der Waals surface area (Å²) in [6.07, 6.45) is -2.01. The Morgan fingerprint density at radius 2 is 2.00 bits per heavy atom. The predicted octanol–water partition coefficient (Wildman–Crippen LogP) is 6.00. The number of nitrogens with one attached hydrogen (secondary N) is 1. The van der Waals surface area contributed by atoms with E-state index in [1.807, 2.05) is 6.92 Å². The van der Waals surface area contributed by atoms with Crippen molar-refractivity contribution in [2.45, 2.75) is 32.4 Å². The number of anilines is 4. The van der Waals surface area contributed by atoms with Crippen LogP contribution in [0.4, 0.5) is 40.2 Å². The zero-order valence-electron chi connectivity index (χ0n) is 20.3. The molecule has 1 aliphatic rings. The Hall–Kier alpha value is -3.80. The molecule has 0 bridgehead atoms. The molecule has 1 aliphatic heterocycles. The lowest BCUT2D eigenvalue weighted by Gasteiger charge is -2.26. The lowest BCUT2D eigenvalue weighted by atomic mass is 10.1. The number of urea groups is 1. The fourth-order valence-corrected chi connectivity index (χ4v) is 4.87. The summed E-state index contributed by atoms with van der Waals surface area (Å²) in [4.78, 5) is 31.0. The number of benzene rings is 2. The Balaban J connectivity index is 1.67. The number of alkyl halides is 3. The second-order valence-corrected chi connectivity index (χ2v) is 9.40. The van der Waals surface area contributed by atoms with Gasteiger partial charge in [0.25, 0.3) is 5.91 Å². The number of hydrogen-bond donors (Lipinski definition) is 2. The monoisotopic (exact) mass is 533 g/mol. The van der Waals surface area contributed by atoms with Gasteiger partial charge in [0.05, 0.1) is 22.6 Å². The SMILES string of the molecule is CCCCCN(C)c1ccc(N(C(N)=O)c2nc(-c3ccc4c(c3)NC(=O)CO4)cs2)cc1C(F)(F)F. The number of halogens is 3. The number of fused-ring (bicyclic) bond motifs is 1. The Morgan fingerprint density at radius 3 is 2.70 bits per heavy atom. The van der Waals surface area contributed by atoms with Crippen LogP contribution in [0.15, 0.2) is 41.8 Å². The van der Waals surface area contributed by atoms with E-state index in [0.717, 1.165) is 41.6 Å². The molecule has 0 atom stereocenters. The van der Waals surface area contributed by atoms with Crippen LogP contribution in [-0.4, -0.2) is 37.1 Å². The van der Waals surface area contributed by atoms with E-state index in [9.17, 15) is 22.8 Å². The molecule has 3 amide bonds. The van der Waals surface area contributed by atoms with E-state index in [-0.39, 0.29) is 29.0 Å².